The van der Waals surface area contributed by atoms with Crippen LogP contribution in [0.3, 0.4) is 0 Å². The molecule has 0 fully saturated rings. The quantitative estimate of drug-likeness (QED) is 0.663. The topological polar surface area (TPSA) is 49.4 Å². The van der Waals surface area contributed by atoms with Gasteiger partial charge in [-0.15, -0.1) is 0 Å². The first-order valence-electron chi connectivity index (χ1n) is 7.27. The number of para-hydroxylation sites is 1. The second-order valence-corrected chi connectivity index (χ2v) is 5.10. The number of nitrogens with one attached hydrogen (secondary N) is 1. The van der Waals surface area contributed by atoms with Gasteiger partial charge in [0, 0.05) is 20.0 Å². The zero-order valence-electron chi connectivity index (χ0n) is 13.2. The van der Waals surface area contributed by atoms with Gasteiger partial charge in [-0.1, -0.05) is 12.1 Å². The Bertz CT molecular complexity index is 811. The summed E-state index contributed by atoms with van der Waals surface area (Å²) in [5.74, 6) is -6.81. The number of carbonyl (C=O) groups is 2. The number of carbonyl (C=O) groups excluding carboxylic acids is 2. The van der Waals surface area contributed by atoms with Gasteiger partial charge in [-0.2, -0.15) is 0 Å². The molecule has 1 N–H and O–H groups in total. The Morgan fingerprint density at radius 3 is 2.28 bits per heavy atom. The van der Waals surface area contributed by atoms with Crippen molar-refractivity contribution in [1.82, 2.24) is 5.32 Å². The fourth-order valence-electron chi connectivity index (χ4n) is 2.20. The van der Waals surface area contributed by atoms with Crippen LogP contribution in [0.4, 0.5) is 23.2 Å². The molecule has 4 nitrogen and oxygen atoms in total. The van der Waals surface area contributed by atoms with E-state index in [-0.39, 0.29) is 18.8 Å². The summed E-state index contributed by atoms with van der Waals surface area (Å²) in [7, 11) is 0. The minimum atomic E-state index is -1.75. The van der Waals surface area contributed by atoms with E-state index in [0.717, 1.165) is 11.0 Å². The Morgan fingerprint density at radius 1 is 0.960 bits per heavy atom. The third kappa shape index (κ3) is 4.14. The third-order valence-corrected chi connectivity index (χ3v) is 3.42. The van der Waals surface area contributed by atoms with Crippen molar-refractivity contribution < 1.29 is 27.2 Å². The molecule has 2 amide bonds. The summed E-state index contributed by atoms with van der Waals surface area (Å²) in [6.07, 6.45) is 0. The largest absolute Gasteiger partial charge is 0.350 e. The summed E-state index contributed by atoms with van der Waals surface area (Å²) in [5, 5.41) is 2.28. The lowest BCUT2D eigenvalue weighted by Crippen LogP contribution is -2.38. The number of amides is 2. The number of benzene rings is 2. The van der Waals surface area contributed by atoms with Gasteiger partial charge >= 0.3 is 0 Å². The number of hydrogen-bond acceptors (Lipinski definition) is 2. The molecule has 0 atom stereocenters. The molecule has 0 spiro atoms. The number of nitrogens with zero attached hydrogens (tertiary/aromatic N) is 1. The molecule has 0 unspecified atom stereocenters. The number of rotatable bonds is 5. The second kappa shape index (κ2) is 7.78. The average Bonchev–Trinajstić information content (AvgIpc) is 2.57. The Balaban J connectivity index is 2.06. The van der Waals surface area contributed by atoms with E-state index in [2.05, 4.69) is 5.32 Å². The van der Waals surface area contributed by atoms with Crippen LogP contribution >= 0.6 is 0 Å². The van der Waals surface area contributed by atoms with Gasteiger partial charge in [-0.25, -0.2) is 17.6 Å². The molecule has 0 saturated heterocycles. The molecule has 0 aliphatic rings. The molecule has 2 rings (SSSR count). The molecule has 8 heteroatoms. The standard InChI is InChI=1S/C17H14F4N2O2/c1-10(24)23(14-5-3-2-4-12(14)18)9-8-22-17(25)11-6-7-13(19)16(21)15(11)20/h2-7H,8-9H2,1H3,(H,22,25). The van der Waals surface area contributed by atoms with Crippen molar-refractivity contribution in [2.45, 2.75) is 6.92 Å². The summed E-state index contributed by atoms with van der Waals surface area (Å²) in [6, 6.07) is 7.03. The Kier molecular flexibility index (Phi) is 5.74. The van der Waals surface area contributed by atoms with Crippen molar-refractivity contribution in [3.05, 3.63) is 65.2 Å². The smallest absolute Gasteiger partial charge is 0.254 e. The highest BCUT2D eigenvalue weighted by molar-refractivity contribution is 5.95. The first-order chi connectivity index (χ1) is 11.8. The summed E-state index contributed by atoms with van der Waals surface area (Å²) in [5.41, 5.74) is -0.637. The lowest BCUT2D eigenvalue weighted by Gasteiger charge is -2.21. The highest BCUT2D eigenvalue weighted by Gasteiger charge is 2.19. The van der Waals surface area contributed by atoms with Crippen LogP contribution < -0.4 is 10.2 Å². The van der Waals surface area contributed by atoms with E-state index >= 15 is 0 Å². The maximum absolute atomic E-state index is 13.8. The molecule has 0 heterocycles. The molecule has 0 radical (unpaired) electrons. The van der Waals surface area contributed by atoms with Crippen LogP contribution in [0, 0.1) is 23.3 Å². The van der Waals surface area contributed by atoms with E-state index in [9.17, 15) is 27.2 Å². The first-order valence-corrected chi connectivity index (χ1v) is 7.27. The molecule has 0 saturated carbocycles. The van der Waals surface area contributed by atoms with E-state index in [0.29, 0.717) is 6.07 Å². The summed E-state index contributed by atoms with van der Waals surface area (Å²) in [6.45, 7) is 0.988. The maximum Gasteiger partial charge on any atom is 0.254 e. The highest BCUT2D eigenvalue weighted by Crippen LogP contribution is 2.18. The van der Waals surface area contributed by atoms with Crippen LogP contribution in [0.2, 0.25) is 0 Å². The van der Waals surface area contributed by atoms with Gasteiger partial charge in [-0.05, 0) is 24.3 Å². The Morgan fingerprint density at radius 2 is 1.64 bits per heavy atom. The van der Waals surface area contributed by atoms with Crippen molar-refractivity contribution in [3.8, 4) is 0 Å². The normalized spacial score (nSPS) is 10.4. The molecule has 0 aliphatic carbocycles. The van der Waals surface area contributed by atoms with E-state index in [1.165, 1.54) is 25.1 Å². The summed E-state index contributed by atoms with van der Waals surface area (Å²) in [4.78, 5) is 24.6. The molecular formula is C17H14F4N2O2. The van der Waals surface area contributed by atoms with Gasteiger partial charge in [0.05, 0.1) is 11.3 Å². The summed E-state index contributed by atoms with van der Waals surface area (Å²) >= 11 is 0. The molecule has 25 heavy (non-hydrogen) atoms. The van der Waals surface area contributed by atoms with Crippen LogP contribution in [0.25, 0.3) is 0 Å². The van der Waals surface area contributed by atoms with E-state index in [1.54, 1.807) is 6.07 Å². The SMILES string of the molecule is CC(=O)N(CCNC(=O)c1ccc(F)c(F)c1F)c1ccccc1F. The molecule has 2 aromatic rings. The molecular weight excluding hydrogens is 340 g/mol. The van der Waals surface area contributed by atoms with Crippen molar-refractivity contribution >= 4 is 17.5 Å². The number of hydrogen-bond donors (Lipinski definition) is 1. The van der Waals surface area contributed by atoms with Gasteiger partial charge in [0.25, 0.3) is 5.91 Å². The van der Waals surface area contributed by atoms with Crippen molar-refractivity contribution in [2.24, 2.45) is 0 Å². The predicted molar refractivity (Wildman–Crippen MR) is 83.1 cm³/mol. The average molecular weight is 354 g/mol. The lowest BCUT2D eigenvalue weighted by molar-refractivity contribution is -0.116. The zero-order chi connectivity index (χ0) is 18.6. The van der Waals surface area contributed by atoms with Crippen molar-refractivity contribution in [3.63, 3.8) is 0 Å². The molecule has 2 aromatic carbocycles. The minimum absolute atomic E-state index is 0.0308. The van der Waals surface area contributed by atoms with Crippen LogP contribution in [0.5, 0.6) is 0 Å². The van der Waals surface area contributed by atoms with Crippen LogP contribution in [0.1, 0.15) is 17.3 Å². The molecule has 0 aromatic heterocycles. The van der Waals surface area contributed by atoms with Crippen molar-refractivity contribution in [2.75, 3.05) is 18.0 Å². The number of halogens is 4. The monoisotopic (exact) mass is 354 g/mol. The second-order valence-electron chi connectivity index (χ2n) is 5.10. The van der Waals surface area contributed by atoms with Crippen LogP contribution in [-0.4, -0.2) is 24.9 Å². The van der Waals surface area contributed by atoms with Gasteiger partial charge in [0.15, 0.2) is 17.5 Å². The molecule has 132 valence electrons. The summed E-state index contributed by atoms with van der Waals surface area (Å²) < 4.78 is 53.4. The fraction of sp³-hybridized carbons (Fsp3) is 0.176. The minimum Gasteiger partial charge on any atom is -0.350 e. The van der Waals surface area contributed by atoms with E-state index in [1.807, 2.05) is 0 Å². The van der Waals surface area contributed by atoms with Crippen molar-refractivity contribution in [1.29, 1.82) is 0 Å². The molecule has 0 bridgehead atoms. The Labute approximate surface area is 141 Å². The van der Waals surface area contributed by atoms with Crippen LogP contribution in [-0.2, 0) is 4.79 Å². The fourth-order valence-corrected chi connectivity index (χ4v) is 2.20. The van der Waals surface area contributed by atoms with Gasteiger partial charge < -0.3 is 10.2 Å². The number of anilines is 1. The lowest BCUT2D eigenvalue weighted by atomic mass is 10.2. The van der Waals surface area contributed by atoms with Crippen LogP contribution in [0.15, 0.2) is 36.4 Å². The third-order valence-electron chi connectivity index (χ3n) is 3.42. The highest BCUT2D eigenvalue weighted by atomic mass is 19.2. The first kappa shape index (κ1) is 18.4. The van der Waals surface area contributed by atoms with E-state index in [4.69, 9.17) is 0 Å². The maximum atomic E-state index is 13.8. The predicted octanol–water partition coefficient (Wildman–Crippen LogP) is 3.03. The van der Waals surface area contributed by atoms with Gasteiger partial charge in [0.2, 0.25) is 5.91 Å². The molecule has 0 aliphatic heterocycles. The van der Waals surface area contributed by atoms with Gasteiger partial charge in [0.1, 0.15) is 5.82 Å². The Hall–Kier alpha value is -2.90. The zero-order valence-corrected chi connectivity index (χ0v) is 13.2. The van der Waals surface area contributed by atoms with E-state index < -0.39 is 40.6 Å². The van der Waals surface area contributed by atoms with Gasteiger partial charge in [-0.3, -0.25) is 9.59 Å².